The Bertz CT molecular complexity index is 1690. The number of rotatable bonds is 4. The highest BCUT2D eigenvalue weighted by Crippen LogP contribution is 2.53. The summed E-state index contributed by atoms with van der Waals surface area (Å²) in [5.74, 6) is 0.268. The van der Waals surface area contributed by atoms with Crippen LogP contribution >= 0.6 is 0 Å². The highest BCUT2D eigenvalue weighted by Gasteiger charge is 2.64. The van der Waals surface area contributed by atoms with Crippen LogP contribution in [0.15, 0.2) is 75.9 Å². The highest BCUT2D eigenvalue weighted by atomic mass is 16.7. The third-order valence-electron chi connectivity index (χ3n) is 7.37. The first kappa shape index (κ1) is 21.7. The fourth-order valence-corrected chi connectivity index (χ4v) is 5.83. The van der Waals surface area contributed by atoms with Crippen molar-refractivity contribution in [3.8, 4) is 11.5 Å². The Kier molecular flexibility index (Phi) is 4.51. The first-order valence-corrected chi connectivity index (χ1v) is 12.2. The molecule has 37 heavy (non-hydrogen) atoms. The van der Waals surface area contributed by atoms with Crippen LogP contribution in [-0.2, 0) is 16.9 Å². The van der Waals surface area contributed by atoms with Crippen LogP contribution in [0, 0.1) is 0 Å². The molecule has 0 fully saturated rings. The maximum atomic E-state index is 14.5. The van der Waals surface area contributed by atoms with Gasteiger partial charge in [-0.1, -0.05) is 43.3 Å². The summed E-state index contributed by atoms with van der Waals surface area (Å²) in [5.41, 5.74) is 0.402. The van der Waals surface area contributed by atoms with Gasteiger partial charge in [-0.25, -0.2) is 0 Å². The van der Waals surface area contributed by atoms with Gasteiger partial charge in [0.15, 0.2) is 22.5 Å². The van der Waals surface area contributed by atoms with Gasteiger partial charge in [0.2, 0.25) is 12.6 Å². The molecule has 4 heterocycles. The quantitative estimate of drug-likeness (QED) is 0.423. The number of nitrogens with zero attached hydrogens (tertiary/aromatic N) is 2. The van der Waals surface area contributed by atoms with Crippen LogP contribution < -0.4 is 19.8 Å². The predicted octanol–water partition coefficient (Wildman–Crippen LogP) is 4.18. The number of anilines is 1. The molecule has 0 bridgehead atoms. The van der Waals surface area contributed by atoms with Gasteiger partial charge >= 0.3 is 0 Å². The number of carbonyl (C=O) groups is 2. The van der Waals surface area contributed by atoms with Crippen molar-refractivity contribution in [3.63, 3.8) is 0 Å². The largest absolute Gasteiger partial charge is 0.454 e. The van der Waals surface area contributed by atoms with E-state index in [1.54, 1.807) is 41.3 Å². The maximum absolute atomic E-state index is 14.5. The van der Waals surface area contributed by atoms with E-state index in [2.05, 4.69) is 0 Å². The van der Waals surface area contributed by atoms with Gasteiger partial charge in [-0.15, -0.1) is 0 Å². The van der Waals surface area contributed by atoms with Crippen LogP contribution in [0.25, 0.3) is 11.0 Å². The van der Waals surface area contributed by atoms with Crippen molar-refractivity contribution in [2.75, 3.05) is 18.2 Å². The van der Waals surface area contributed by atoms with Crippen molar-refractivity contribution in [2.24, 2.45) is 0 Å². The topological polar surface area (TPSA) is 89.3 Å². The zero-order valence-electron chi connectivity index (χ0n) is 20.0. The molecule has 1 unspecified atom stereocenters. The van der Waals surface area contributed by atoms with E-state index in [0.717, 1.165) is 5.56 Å². The number of ether oxygens (including phenoxy) is 2. The van der Waals surface area contributed by atoms with Crippen LogP contribution in [0.3, 0.4) is 0 Å². The summed E-state index contributed by atoms with van der Waals surface area (Å²) in [6.45, 7) is 2.63. The molecular weight excluding hydrogens is 472 g/mol. The lowest BCUT2D eigenvalue weighted by Gasteiger charge is -2.34. The van der Waals surface area contributed by atoms with Crippen molar-refractivity contribution in [3.05, 3.63) is 99.4 Å². The van der Waals surface area contributed by atoms with Crippen LogP contribution in [0.2, 0.25) is 0 Å². The molecule has 0 saturated carbocycles. The molecule has 0 saturated heterocycles. The molecule has 8 heteroatoms. The maximum Gasteiger partial charge on any atom is 0.291 e. The molecule has 1 atom stereocenters. The second-order valence-corrected chi connectivity index (χ2v) is 9.39. The molecule has 3 aromatic carbocycles. The zero-order chi connectivity index (χ0) is 25.3. The minimum atomic E-state index is -1.64. The van der Waals surface area contributed by atoms with E-state index < -0.39 is 11.4 Å². The minimum absolute atomic E-state index is 0.0650. The molecule has 7 rings (SSSR count). The molecule has 1 spiro atoms. The number of hydrogen-bond acceptors (Lipinski definition) is 6. The Morgan fingerprint density at radius 1 is 0.919 bits per heavy atom. The van der Waals surface area contributed by atoms with Crippen molar-refractivity contribution < 1.29 is 23.5 Å². The Hall–Kier alpha value is -4.59. The number of carbonyl (C=O) groups excluding carboxylic acids is 2. The summed E-state index contributed by atoms with van der Waals surface area (Å²) in [7, 11) is 0. The normalized spacial score (nSPS) is 19.3. The van der Waals surface area contributed by atoms with Gasteiger partial charge in [-0.05, 0) is 42.3 Å². The second-order valence-electron chi connectivity index (χ2n) is 9.39. The van der Waals surface area contributed by atoms with Crippen molar-refractivity contribution in [2.45, 2.75) is 25.4 Å². The van der Waals surface area contributed by atoms with Crippen LogP contribution in [-0.4, -0.2) is 30.1 Å². The number of fused-ring (bicyclic) bond motifs is 6. The van der Waals surface area contributed by atoms with E-state index in [4.69, 9.17) is 13.9 Å². The third-order valence-corrected chi connectivity index (χ3v) is 7.37. The SMILES string of the molecule is CCCN1C(=O)C2(c3ccccc31)c1c(oc3ccccc3c1=O)C(=O)N2Cc1ccc2c(c1)OCO2. The number of benzene rings is 3. The molecule has 184 valence electrons. The fraction of sp³-hybridized carbons (Fsp3) is 0.207. The van der Waals surface area contributed by atoms with E-state index in [-0.39, 0.29) is 36.0 Å². The summed E-state index contributed by atoms with van der Waals surface area (Å²) in [4.78, 5) is 45.8. The summed E-state index contributed by atoms with van der Waals surface area (Å²) in [5, 5.41) is 0.331. The van der Waals surface area contributed by atoms with Crippen molar-refractivity contribution in [1.29, 1.82) is 0 Å². The predicted molar refractivity (Wildman–Crippen MR) is 135 cm³/mol. The molecule has 8 nitrogen and oxygen atoms in total. The van der Waals surface area contributed by atoms with E-state index in [1.165, 1.54) is 4.90 Å². The second kappa shape index (κ2) is 7.70. The smallest absolute Gasteiger partial charge is 0.291 e. The molecule has 3 aliphatic heterocycles. The first-order valence-electron chi connectivity index (χ1n) is 12.2. The molecule has 1 aromatic heterocycles. The number of hydrogen-bond donors (Lipinski definition) is 0. The van der Waals surface area contributed by atoms with Gasteiger partial charge in [0.05, 0.1) is 16.6 Å². The molecule has 4 aromatic rings. The Morgan fingerprint density at radius 3 is 2.57 bits per heavy atom. The summed E-state index contributed by atoms with van der Waals surface area (Å²) < 4.78 is 17.0. The van der Waals surface area contributed by atoms with Gasteiger partial charge in [-0.3, -0.25) is 14.4 Å². The Labute approximate surface area is 211 Å². The minimum Gasteiger partial charge on any atom is -0.454 e. The standard InChI is InChI=1S/C29H22N2O6/c1-2-13-30-20-9-5-4-8-19(20)29(28(30)34)24-25(32)18-7-3-6-10-21(18)37-26(24)27(33)31(29)15-17-11-12-22-23(14-17)36-16-35-22/h3-12,14H,2,13,15-16H2,1H3. The molecular formula is C29H22N2O6. The molecule has 2 amide bonds. The lowest BCUT2D eigenvalue weighted by molar-refractivity contribution is -0.126. The number of para-hydroxylation sites is 2. The average Bonchev–Trinajstić information content (AvgIpc) is 3.55. The average molecular weight is 495 g/mol. The Balaban J connectivity index is 1.52. The van der Waals surface area contributed by atoms with Gasteiger partial charge in [0, 0.05) is 18.7 Å². The van der Waals surface area contributed by atoms with Crippen molar-refractivity contribution in [1.82, 2.24) is 4.90 Å². The molecule has 0 N–H and O–H groups in total. The first-order chi connectivity index (χ1) is 18.1. The molecule has 0 radical (unpaired) electrons. The van der Waals surface area contributed by atoms with Crippen LogP contribution in [0.1, 0.15) is 40.6 Å². The summed E-state index contributed by atoms with van der Waals surface area (Å²) in [6, 6.07) is 19.6. The van der Waals surface area contributed by atoms with Crippen LogP contribution in [0.4, 0.5) is 5.69 Å². The number of amides is 2. The summed E-state index contributed by atoms with van der Waals surface area (Å²) in [6.07, 6.45) is 0.714. The van der Waals surface area contributed by atoms with Gasteiger partial charge in [-0.2, -0.15) is 0 Å². The highest BCUT2D eigenvalue weighted by molar-refractivity contribution is 6.17. The van der Waals surface area contributed by atoms with Crippen LogP contribution in [0.5, 0.6) is 11.5 Å². The van der Waals surface area contributed by atoms with E-state index in [9.17, 15) is 14.4 Å². The molecule has 0 aliphatic carbocycles. The van der Waals surface area contributed by atoms with E-state index in [1.807, 2.05) is 37.3 Å². The van der Waals surface area contributed by atoms with E-state index in [0.29, 0.717) is 46.7 Å². The van der Waals surface area contributed by atoms with Gasteiger partial charge < -0.3 is 23.7 Å². The monoisotopic (exact) mass is 494 g/mol. The fourth-order valence-electron chi connectivity index (χ4n) is 5.83. The van der Waals surface area contributed by atoms with Gasteiger partial charge in [0.25, 0.3) is 11.8 Å². The molecule has 3 aliphatic rings. The third kappa shape index (κ3) is 2.75. The summed E-state index contributed by atoms with van der Waals surface area (Å²) >= 11 is 0. The Morgan fingerprint density at radius 2 is 1.70 bits per heavy atom. The van der Waals surface area contributed by atoms with Gasteiger partial charge in [0.1, 0.15) is 5.58 Å². The lowest BCUT2D eigenvalue weighted by atomic mass is 9.83. The lowest BCUT2D eigenvalue weighted by Crippen LogP contribution is -2.53. The zero-order valence-corrected chi connectivity index (χ0v) is 20.0. The van der Waals surface area contributed by atoms with Crippen molar-refractivity contribution >= 4 is 28.5 Å². The van der Waals surface area contributed by atoms with E-state index >= 15 is 0 Å².